The third-order valence-electron chi connectivity index (χ3n) is 4.16. The average molecular weight is 371 g/mol. The number of carbonyl (C=O) groups excluding carboxylic acids is 2. The molecule has 0 radical (unpaired) electrons. The zero-order valence-electron chi connectivity index (χ0n) is 16.1. The van der Waals surface area contributed by atoms with Crippen molar-refractivity contribution in [2.75, 3.05) is 38.7 Å². The van der Waals surface area contributed by atoms with Crippen LogP contribution in [0, 0.1) is 11.3 Å². The molecule has 0 aliphatic carbocycles. The lowest BCUT2D eigenvalue weighted by Crippen LogP contribution is -2.49. The van der Waals surface area contributed by atoms with Crippen LogP contribution in [-0.4, -0.2) is 62.8 Å². The largest absolute Gasteiger partial charge is 0.451 e. The molecule has 0 saturated carbocycles. The molecule has 1 aliphatic heterocycles. The van der Waals surface area contributed by atoms with Gasteiger partial charge < -0.3 is 19.3 Å². The lowest BCUT2D eigenvalue weighted by atomic mass is 10.1. The minimum Gasteiger partial charge on any atom is -0.451 e. The van der Waals surface area contributed by atoms with Crippen molar-refractivity contribution >= 4 is 23.6 Å². The topological polar surface area (TPSA) is 82.9 Å². The Kier molecular flexibility index (Phi) is 6.97. The van der Waals surface area contributed by atoms with Crippen molar-refractivity contribution in [3.05, 3.63) is 35.4 Å². The summed E-state index contributed by atoms with van der Waals surface area (Å²) in [6, 6.07) is 9.22. The van der Waals surface area contributed by atoms with E-state index in [1.54, 1.807) is 4.90 Å². The Hall–Kier alpha value is -2.85. The van der Waals surface area contributed by atoms with Crippen LogP contribution in [0.25, 0.3) is 6.08 Å². The molecule has 1 aromatic carbocycles. The van der Waals surface area contributed by atoms with E-state index in [2.05, 4.69) is 0 Å². The van der Waals surface area contributed by atoms with Gasteiger partial charge in [-0.3, -0.25) is 4.79 Å². The highest BCUT2D eigenvalue weighted by molar-refractivity contribution is 5.98. The smallest absolute Gasteiger partial charge is 0.349 e. The standard InChI is InChI=1S/C20H25N3O4/c1-14-11-23(12-15(2)27-14)19(24)13-26-20(25)17(10-21)9-16-5-7-18(8-6-16)22(3)4/h5-9,14-15H,11-13H2,1-4H3/b17-9+/t14-,15-/m0/s1. The van der Waals surface area contributed by atoms with E-state index < -0.39 is 12.6 Å². The summed E-state index contributed by atoms with van der Waals surface area (Å²) in [7, 11) is 3.85. The zero-order chi connectivity index (χ0) is 20.0. The van der Waals surface area contributed by atoms with Gasteiger partial charge in [-0.15, -0.1) is 0 Å². The van der Waals surface area contributed by atoms with E-state index in [9.17, 15) is 14.9 Å². The van der Waals surface area contributed by atoms with E-state index >= 15 is 0 Å². The first kappa shape index (κ1) is 20.5. The van der Waals surface area contributed by atoms with E-state index in [1.807, 2.05) is 63.2 Å². The summed E-state index contributed by atoms with van der Waals surface area (Å²) in [5.74, 6) is -1.10. The van der Waals surface area contributed by atoms with E-state index in [-0.39, 0.29) is 23.7 Å². The van der Waals surface area contributed by atoms with Gasteiger partial charge in [-0.05, 0) is 37.6 Å². The van der Waals surface area contributed by atoms with E-state index in [1.165, 1.54) is 6.08 Å². The Morgan fingerprint density at radius 1 is 1.26 bits per heavy atom. The first-order valence-electron chi connectivity index (χ1n) is 8.79. The Bertz CT molecular complexity index is 739. The van der Waals surface area contributed by atoms with Crippen LogP contribution in [0.4, 0.5) is 5.69 Å². The highest BCUT2D eigenvalue weighted by atomic mass is 16.5. The number of hydrogen-bond donors (Lipinski definition) is 0. The molecule has 1 saturated heterocycles. The molecule has 0 N–H and O–H groups in total. The van der Waals surface area contributed by atoms with E-state index in [0.717, 1.165) is 5.69 Å². The fourth-order valence-corrected chi connectivity index (χ4v) is 2.85. The van der Waals surface area contributed by atoms with Gasteiger partial charge in [0.15, 0.2) is 6.61 Å². The highest BCUT2D eigenvalue weighted by Gasteiger charge is 2.26. The van der Waals surface area contributed by atoms with Gasteiger partial charge in [0.2, 0.25) is 0 Å². The number of carbonyl (C=O) groups is 2. The number of rotatable bonds is 5. The molecule has 0 bridgehead atoms. The lowest BCUT2D eigenvalue weighted by molar-refractivity contribution is -0.154. The van der Waals surface area contributed by atoms with Crippen molar-refractivity contribution in [3.8, 4) is 6.07 Å². The maximum atomic E-state index is 12.3. The number of nitriles is 1. The van der Waals surface area contributed by atoms with Gasteiger partial charge in [0.25, 0.3) is 5.91 Å². The molecule has 1 heterocycles. The van der Waals surface area contributed by atoms with Crippen molar-refractivity contribution in [1.29, 1.82) is 5.26 Å². The van der Waals surface area contributed by atoms with Gasteiger partial charge in [-0.25, -0.2) is 4.79 Å². The number of ether oxygens (including phenoxy) is 2. The van der Waals surface area contributed by atoms with Gasteiger partial charge in [0.05, 0.1) is 12.2 Å². The highest BCUT2D eigenvalue weighted by Crippen LogP contribution is 2.15. The quantitative estimate of drug-likeness (QED) is 0.446. The average Bonchev–Trinajstić information content (AvgIpc) is 2.63. The molecule has 27 heavy (non-hydrogen) atoms. The third-order valence-corrected chi connectivity index (χ3v) is 4.16. The molecule has 1 aromatic rings. The van der Waals surface area contributed by atoms with Gasteiger partial charge in [-0.2, -0.15) is 5.26 Å². The number of hydrogen-bond acceptors (Lipinski definition) is 6. The molecule has 7 nitrogen and oxygen atoms in total. The third kappa shape index (κ3) is 5.83. The van der Waals surface area contributed by atoms with Crippen molar-refractivity contribution in [2.45, 2.75) is 26.1 Å². The SMILES string of the molecule is C[C@H]1CN(C(=O)COC(=O)/C(C#N)=C/c2ccc(N(C)C)cc2)C[C@H](C)O1. The Balaban J connectivity index is 1.96. The molecule has 0 aromatic heterocycles. The molecule has 0 unspecified atom stereocenters. The summed E-state index contributed by atoms with van der Waals surface area (Å²) >= 11 is 0. The van der Waals surface area contributed by atoms with Crippen LogP contribution in [-0.2, 0) is 19.1 Å². The lowest BCUT2D eigenvalue weighted by Gasteiger charge is -2.35. The first-order valence-corrected chi connectivity index (χ1v) is 8.79. The Labute approximate surface area is 159 Å². The Morgan fingerprint density at radius 2 is 1.85 bits per heavy atom. The number of amides is 1. The van der Waals surface area contributed by atoms with Crippen LogP contribution in [0.1, 0.15) is 19.4 Å². The summed E-state index contributed by atoms with van der Waals surface area (Å²) in [4.78, 5) is 28.0. The molecule has 144 valence electrons. The minimum absolute atomic E-state index is 0.0619. The molecular formula is C20H25N3O4. The Morgan fingerprint density at radius 3 is 2.37 bits per heavy atom. The van der Waals surface area contributed by atoms with E-state index in [0.29, 0.717) is 18.7 Å². The van der Waals surface area contributed by atoms with Gasteiger partial charge in [0.1, 0.15) is 11.6 Å². The number of benzene rings is 1. The number of morpholine rings is 1. The molecule has 2 rings (SSSR count). The zero-order valence-corrected chi connectivity index (χ0v) is 16.1. The fourth-order valence-electron chi connectivity index (χ4n) is 2.85. The van der Waals surface area contributed by atoms with Gasteiger partial charge >= 0.3 is 5.97 Å². The van der Waals surface area contributed by atoms with Crippen LogP contribution in [0.2, 0.25) is 0 Å². The molecule has 2 atom stereocenters. The van der Waals surface area contributed by atoms with Gasteiger partial charge in [-0.1, -0.05) is 12.1 Å². The molecular weight excluding hydrogens is 346 g/mol. The summed E-state index contributed by atoms with van der Waals surface area (Å²) in [6.45, 7) is 4.30. The second-order valence-electron chi connectivity index (χ2n) is 6.79. The molecule has 1 fully saturated rings. The minimum atomic E-state index is -0.808. The molecule has 1 amide bonds. The number of esters is 1. The summed E-state index contributed by atoms with van der Waals surface area (Å²) in [5, 5.41) is 9.24. The van der Waals surface area contributed by atoms with E-state index in [4.69, 9.17) is 9.47 Å². The van der Waals surface area contributed by atoms with Gasteiger partial charge in [0, 0.05) is 32.9 Å². The van der Waals surface area contributed by atoms with Crippen molar-refractivity contribution in [2.24, 2.45) is 0 Å². The summed E-state index contributed by atoms with van der Waals surface area (Å²) < 4.78 is 10.6. The predicted molar refractivity (Wildman–Crippen MR) is 102 cm³/mol. The normalized spacial score (nSPS) is 20.0. The predicted octanol–water partition coefficient (Wildman–Crippen LogP) is 1.84. The summed E-state index contributed by atoms with van der Waals surface area (Å²) in [6.07, 6.45) is 1.33. The van der Waals surface area contributed by atoms with Crippen molar-refractivity contribution in [1.82, 2.24) is 4.90 Å². The maximum Gasteiger partial charge on any atom is 0.349 e. The molecule has 1 aliphatic rings. The number of nitrogens with zero attached hydrogens (tertiary/aromatic N) is 3. The first-order chi connectivity index (χ1) is 12.8. The van der Waals surface area contributed by atoms with Crippen molar-refractivity contribution < 1.29 is 19.1 Å². The molecule has 0 spiro atoms. The second kappa shape index (κ2) is 9.19. The summed E-state index contributed by atoms with van der Waals surface area (Å²) in [5.41, 5.74) is 1.56. The van der Waals surface area contributed by atoms with Crippen LogP contribution in [0.5, 0.6) is 0 Å². The second-order valence-corrected chi connectivity index (χ2v) is 6.79. The van der Waals surface area contributed by atoms with Crippen LogP contribution >= 0.6 is 0 Å². The van der Waals surface area contributed by atoms with Crippen LogP contribution in [0.3, 0.4) is 0 Å². The molecule has 7 heteroatoms. The van der Waals surface area contributed by atoms with Crippen molar-refractivity contribution in [3.63, 3.8) is 0 Å². The maximum absolute atomic E-state index is 12.3. The fraction of sp³-hybridized carbons (Fsp3) is 0.450. The van der Waals surface area contributed by atoms with Crippen LogP contribution in [0.15, 0.2) is 29.8 Å². The van der Waals surface area contributed by atoms with Crippen LogP contribution < -0.4 is 4.90 Å². The monoisotopic (exact) mass is 371 g/mol. The number of anilines is 1.